The molecule has 1 fully saturated rings. The van der Waals surface area contributed by atoms with Gasteiger partial charge in [-0.15, -0.1) is 0 Å². The molecule has 9 heteroatoms. The molecular weight excluding hydrogens is 382 g/mol. The highest BCUT2D eigenvalue weighted by atomic mass is 32.1. The minimum atomic E-state index is -0.552. The van der Waals surface area contributed by atoms with Crippen LogP contribution in [0.15, 0.2) is 34.4 Å². The fourth-order valence-corrected chi connectivity index (χ4v) is 3.73. The highest BCUT2D eigenvalue weighted by Crippen LogP contribution is 2.24. The van der Waals surface area contributed by atoms with Crippen LogP contribution in [0.2, 0.25) is 0 Å². The summed E-state index contributed by atoms with van der Waals surface area (Å²) >= 11 is 1.08. The first kappa shape index (κ1) is 19.8. The number of nitrogens with one attached hydrogen (secondary N) is 1. The van der Waals surface area contributed by atoms with E-state index < -0.39 is 18.5 Å². The number of thiazole rings is 1. The SMILES string of the molecule is Cc1csc(=O)n1CCC(=O)OCC(=O)Nc1cccc(N2CCCC2=O)c1. The summed E-state index contributed by atoms with van der Waals surface area (Å²) in [5.74, 6) is -0.955. The van der Waals surface area contributed by atoms with E-state index in [-0.39, 0.29) is 23.7 Å². The van der Waals surface area contributed by atoms with Crippen molar-refractivity contribution in [3.05, 3.63) is 45.0 Å². The number of amides is 2. The molecule has 0 bridgehead atoms. The normalized spacial score (nSPS) is 13.6. The molecule has 2 heterocycles. The summed E-state index contributed by atoms with van der Waals surface area (Å²) in [5.41, 5.74) is 2.05. The number of nitrogens with zero attached hydrogens (tertiary/aromatic N) is 2. The Morgan fingerprint density at radius 3 is 2.79 bits per heavy atom. The van der Waals surface area contributed by atoms with Crippen LogP contribution in [0.1, 0.15) is 25.0 Å². The summed E-state index contributed by atoms with van der Waals surface area (Å²) in [5, 5.41) is 4.38. The molecule has 0 atom stereocenters. The molecule has 28 heavy (non-hydrogen) atoms. The molecule has 0 aliphatic carbocycles. The number of rotatable bonds is 7. The monoisotopic (exact) mass is 403 g/mol. The second-order valence-corrected chi connectivity index (χ2v) is 7.27. The average molecular weight is 403 g/mol. The summed E-state index contributed by atoms with van der Waals surface area (Å²) in [6.45, 7) is 2.27. The number of benzene rings is 1. The zero-order valence-corrected chi connectivity index (χ0v) is 16.3. The van der Waals surface area contributed by atoms with E-state index >= 15 is 0 Å². The molecule has 0 unspecified atom stereocenters. The molecular formula is C19H21N3O5S. The molecule has 0 saturated carbocycles. The molecule has 148 valence electrons. The fourth-order valence-electron chi connectivity index (χ4n) is 2.97. The quantitative estimate of drug-likeness (QED) is 0.713. The minimum Gasteiger partial charge on any atom is -0.456 e. The van der Waals surface area contributed by atoms with Gasteiger partial charge in [-0.1, -0.05) is 17.4 Å². The molecule has 3 rings (SSSR count). The van der Waals surface area contributed by atoms with Gasteiger partial charge < -0.3 is 19.5 Å². The molecule has 2 amide bonds. The smallest absolute Gasteiger partial charge is 0.308 e. The Kier molecular flexibility index (Phi) is 6.25. The lowest BCUT2D eigenvalue weighted by molar-refractivity contribution is -0.147. The van der Waals surface area contributed by atoms with Crippen molar-refractivity contribution < 1.29 is 19.1 Å². The molecule has 1 aliphatic rings. The summed E-state index contributed by atoms with van der Waals surface area (Å²) in [6, 6.07) is 6.99. The van der Waals surface area contributed by atoms with Crippen molar-refractivity contribution in [1.82, 2.24) is 4.57 Å². The molecule has 2 aromatic rings. The van der Waals surface area contributed by atoms with Crippen LogP contribution in [-0.2, 0) is 25.7 Å². The maximum absolute atomic E-state index is 12.0. The van der Waals surface area contributed by atoms with Crippen molar-refractivity contribution in [2.75, 3.05) is 23.4 Å². The van der Waals surface area contributed by atoms with Crippen molar-refractivity contribution in [3.63, 3.8) is 0 Å². The van der Waals surface area contributed by atoms with Gasteiger partial charge in [0, 0.05) is 42.0 Å². The lowest BCUT2D eigenvalue weighted by atomic mass is 10.2. The minimum absolute atomic E-state index is 0.0112. The third kappa shape index (κ3) is 4.86. The largest absolute Gasteiger partial charge is 0.456 e. The van der Waals surface area contributed by atoms with Crippen LogP contribution in [0, 0.1) is 6.92 Å². The van der Waals surface area contributed by atoms with E-state index in [4.69, 9.17) is 4.74 Å². The number of aromatic nitrogens is 1. The Hall–Kier alpha value is -2.94. The van der Waals surface area contributed by atoms with E-state index in [2.05, 4.69) is 5.32 Å². The van der Waals surface area contributed by atoms with Crippen LogP contribution >= 0.6 is 11.3 Å². The third-order valence-electron chi connectivity index (χ3n) is 4.40. The van der Waals surface area contributed by atoms with E-state index in [0.29, 0.717) is 18.7 Å². The summed E-state index contributed by atoms with van der Waals surface area (Å²) in [4.78, 5) is 48.9. The van der Waals surface area contributed by atoms with E-state index in [9.17, 15) is 19.2 Å². The molecule has 1 aromatic carbocycles. The number of ether oxygens (including phenoxy) is 1. The van der Waals surface area contributed by atoms with E-state index in [1.807, 2.05) is 6.07 Å². The van der Waals surface area contributed by atoms with Crippen molar-refractivity contribution in [1.29, 1.82) is 0 Å². The Morgan fingerprint density at radius 2 is 2.11 bits per heavy atom. The first-order valence-corrected chi connectivity index (χ1v) is 9.83. The third-order valence-corrected chi connectivity index (χ3v) is 5.28. The van der Waals surface area contributed by atoms with Crippen LogP contribution in [0.3, 0.4) is 0 Å². The summed E-state index contributed by atoms with van der Waals surface area (Å²) in [7, 11) is 0. The Morgan fingerprint density at radius 1 is 1.29 bits per heavy atom. The topological polar surface area (TPSA) is 97.7 Å². The number of carbonyl (C=O) groups is 3. The number of hydrogen-bond acceptors (Lipinski definition) is 6. The number of esters is 1. The van der Waals surface area contributed by atoms with Crippen LogP contribution < -0.4 is 15.1 Å². The van der Waals surface area contributed by atoms with Crippen molar-refractivity contribution in [3.8, 4) is 0 Å². The van der Waals surface area contributed by atoms with E-state index in [1.165, 1.54) is 4.57 Å². The first-order valence-electron chi connectivity index (χ1n) is 8.95. The average Bonchev–Trinajstić information content (AvgIpc) is 3.24. The van der Waals surface area contributed by atoms with Crippen LogP contribution in [-0.4, -0.2) is 35.5 Å². The lowest BCUT2D eigenvalue weighted by Gasteiger charge is -2.16. The van der Waals surface area contributed by atoms with Gasteiger partial charge in [-0.05, 0) is 31.5 Å². The van der Waals surface area contributed by atoms with Gasteiger partial charge in [-0.25, -0.2) is 0 Å². The van der Waals surface area contributed by atoms with Crippen molar-refractivity contribution in [2.45, 2.75) is 32.7 Å². The van der Waals surface area contributed by atoms with Crippen molar-refractivity contribution >= 4 is 40.5 Å². The number of hydrogen-bond donors (Lipinski definition) is 1. The lowest BCUT2D eigenvalue weighted by Crippen LogP contribution is -2.24. The van der Waals surface area contributed by atoms with Gasteiger partial charge in [0.15, 0.2) is 6.61 Å². The Balaban J connectivity index is 1.47. The number of aryl methyl sites for hydroxylation is 1. The van der Waals surface area contributed by atoms with Crippen molar-refractivity contribution in [2.24, 2.45) is 0 Å². The van der Waals surface area contributed by atoms with Gasteiger partial charge in [-0.3, -0.25) is 19.2 Å². The zero-order valence-electron chi connectivity index (χ0n) is 15.5. The van der Waals surface area contributed by atoms with Gasteiger partial charge in [0.1, 0.15) is 0 Å². The first-order chi connectivity index (χ1) is 13.4. The van der Waals surface area contributed by atoms with Gasteiger partial charge in [0.2, 0.25) is 5.91 Å². The Labute approximate surface area is 165 Å². The summed E-state index contributed by atoms with van der Waals surface area (Å²) < 4.78 is 6.47. The molecule has 1 saturated heterocycles. The number of anilines is 2. The second kappa shape index (κ2) is 8.83. The Bertz CT molecular complexity index is 949. The predicted octanol–water partition coefficient (Wildman–Crippen LogP) is 1.92. The highest BCUT2D eigenvalue weighted by molar-refractivity contribution is 7.07. The highest BCUT2D eigenvalue weighted by Gasteiger charge is 2.21. The summed E-state index contributed by atoms with van der Waals surface area (Å²) in [6.07, 6.45) is 1.36. The fraction of sp³-hybridized carbons (Fsp3) is 0.368. The second-order valence-electron chi connectivity index (χ2n) is 6.45. The van der Waals surface area contributed by atoms with Gasteiger partial charge in [0.05, 0.1) is 6.42 Å². The van der Waals surface area contributed by atoms with Crippen LogP contribution in [0.5, 0.6) is 0 Å². The maximum atomic E-state index is 12.0. The standard InChI is InChI=1S/C19H21N3O5S/c1-13-12-28-19(26)21(13)9-7-18(25)27-11-16(23)20-14-4-2-5-15(10-14)22-8-3-6-17(22)24/h2,4-5,10,12H,3,6-9,11H2,1H3,(H,20,23). The van der Waals surface area contributed by atoms with Gasteiger partial charge in [0.25, 0.3) is 5.91 Å². The molecule has 8 nitrogen and oxygen atoms in total. The molecule has 0 radical (unpaired) electrons. The van der Waals surface area contributed by atoms with E-state index in [0.717, 1.165) is 29.1 Å². The van der Waals surface area contributed by atoms with Crippen LogP contribution in [0.25, 0.3) is 0 Å². The zero-order chi connectivity index (χ0) is 20.1. The molecule has 1 aliphatic heterocycles. The van der Waals surface area contributed by atoms with E-state index in [1.54, 1.807) is 35.4 Å². The molecule has 1 N–H and O–H groups in total. The molecule has 0 spiro atoms. The van der Waals surface area contributed by atoms with Gasteiger partial charge >= 0.3 is 10.8 Å². The molecule has 1 aromatic heterocycles. The van der Waals surface area contributed by atoms with Gasteiger partial charge in [-0.2, -0.15) is 0 Å². The number of carbonyl (C=O) groups excluding carboxylic acids is 3. The maximum Gasteiger partial charge on any atom is 0.308 e. The predicted molar refractivity (Wildman–Crippen MR) is 106 cm³/mol. The van der Waals surface area contributed by atoms with Crippen LogP contribution in [0.4, 0.5) is 11.4 Å².